The number of ketones is 1. The summed E-state index contributed by atoms with van der Waals surface area (Å²) >= 11 is 0. The molecule has 1 aromatic carbocycles. The number of aromatic nitrogens is 2. The highest BCUT2D eigenvalue weighted by Gasteiger charge is 2.07. The van der Waals surface area contributed by atoms with Crippen LogP contribution in [0.4, 0.5) is 0 Å². The van der Waals surface area contributed by atoms with Crippen LogP contribution in [0.15, 0.2) is 30.6 Å². The van der Waals surface area contributed by atoms with Crippen LogP contribution in [-0.2, 0) is 0 Å². The second-order valence-electron chi connectivity index (χ2n) is 5.55. The fraction of sp³-hybridized carbons (Fsp3) is 0.500. The van der Waals surface area contributed by atoms with E-state index in [-0.39, 0.29) is 5.78 Å². The molecule has 0 aliphatic heterocycles. The maximum atomic E-state index is 12.2. The van der Waals surface area contributed by atoms with Gasteiger partial charge in [0.05, 0.1) is 11.0 Å². The third-order valence-electron chi connectivity index (χ3n) is 3.80. The normalized spacial score (nSPS) is 10.9. The van der Waals surface area contributed by atoms with E-state index in [4.69, 9.17) is 0 Å². The standard InChI is InChI=1S/C18H24N2O/c1-2-3-4-5-6-7-8-9-18(21)15-10-11-16-17(14-15)20-13-12-19-16/h10-14H,2-9H2,1H3. The molecule has 0 aliphatic rings. The molecule has 0 aliphatic carbocycles. The van der Waals surface area contributed by atoms with Crippen LogP contribution in [-0.4, -0.2) is 15.8 Å². The highest BCUT2D eigenvalue weighted by atomic mass is 16.1. The van der Waals surface area contributed by atoms with Crippen molar-refractivity contribution in [2.24, 2.45) is 0 Å². The lowest BCUT2D eigenvalue weighted by Gasteiger charge is -2.03. The summed E-state index contributed by atoms with van der Waals surface area (Å²) in [4.78, 5) is 20.6. The molecule has 1 heterocycles. The summed E-state index contributed by atoms with van der Waals surface area (Å²) in [5, 5.41) is 0. The van der Waals surface area contributed by atoms with Gasteiger partial charge in [-0.2, -0.15) is 0 Å². The molecule has 0 radical (unpaired) electrons. The molecule has 21 heavy (non-hydrogen) atoms. The van der Waals surface area contributed by atoms with Gasteiger partial charge < -0.3 is 0 Å². The Morgan fingerprint density at radius 1 is 0.905 bits per heavy atom. The molecule has 3 nitrogen and oxygen atoms in total. The average molecular weight is 284 g/mol. The summed E-state index contributed by atoms with van der Waals surface area (Å²) in [5.41, 5.74) is 2.39. The highest BCUT2D eigenvalue weighted by Crippen LogP contribution is 2.15. The minimum Gasteiger partial charge on any atom is -0.294 e. The van der Waals surface area contributed by atoms with Gasteiger partial charge in [0.15, 0.2) is 5.78 Å². The number of carbonyl (C=O) groups is 1. The lowest BCUT2D eigenvalue weighted by Crippen LogP contribution is -1.99. The number of unbranched alkanes of at least 4 members (excludes halogenated alkanes) is 6. The third-order valence-corrected chi connectivity index (χ3v) is 3.80. The molecule has 0 atom stereocenters. The number of hydrogen-bond acceptors (Lipinski definition) is 3. The first-order valence-electron chi connectivity index (χ1n) is 8.05. The minimum atomic E-state index is 0.219. The van der Waals surface area contributed by atoms with Crippen molar-refractivity contribution in [2.45, 2.75) is 58.3 Å². The molecule has 2 aromatic rings. The number of nitrogens with zero attached hydrogens (tertiary/aromatic N) is 2. The lowest BCUT2D eigenvalue weighted by atomic mass is 10.0. The topological polar surface area (TPSA) is 42.9 Å². The Labute approximate surface area is 126 Å². The summed E-state index contributed by atoms with van der Waals surface area (Å²) in [6, 6.07) is 5.59. The zero-order valence-corrected chi connectivity index (χ0v) is 12.8. The fourth-order valence-electron chi connectivity index (χ4n) is 2.52. The number of fused-ring (bicyclic) bond motifs is 1. The van der Waals surface area contributed by atoms with Crippen molar-refractivity contribution in [1.29, 1.82) is 0 Å². The highest BCUT2D eigenvalue weighted by molar-refractivity contribution is 5.98. The summed E-state index contributed by atoms with van der Waals surface area (Å²) in [6.07, 6.45) is 12.6. The molecular weight excluding hydrogens is 260 g/mol. The van der Waals surface area contributed by atoms with Gasteiger partial charge in [-0.25, -0.2) is 0 Å². The van der Waals surface area contributed by atoms with Crippen molar-refractivity contribution in [2.75, 3.05) is 0 Å². The van der Waals surface area contributed by atoms with Crippen LogP contribution < -0.4 is 0 Å². The molecule has 0 saturated heterocycles. The Bertz CT molecular complexity index is 580. The van der Waals surface area contributed by atoms with Crippen LogP contribution in [0.3, 0.4) is 0 Å². The predicted octanol–water partition coefficient (Wildman–Crippen LogP) is 4.95. The van der Waals surface area contributed by atoms with Gasteiger partial charge in [-0.3, -0.25) is 14.8 Å². The van der Waals surface area contributed by atoms with Crippen molar-refractivity contribution >= 4 is 16.8 Å². The number of rotatable bonds is 9. The molecule has 2 rings (SSSR count). The number of hydrogen-bond donors (Lipinski definition) is 0. The van der Waals surface area contributed by atoms with Crippen LogP contribution in [0.25, 0.3) is 11.0 Å². The maximum Gasteiger partial charge on any atom is 0.162 e. The number of Topliss-reactive ketones (excluding diaryl/α,β-unsaturated/α-hetero) is 1. The summed E-state index contributed by atoms with van der Waals surface area (Å²) in [7, 11) is 0. The van der Waals surface area contributed by atoms with Crippen molar-refractivity contribution in [3.63, 3.8) is 0 Å². The van der Waals surface area contributed by atoms with E-state index in [0.29, 0.717) is 6.42 Å². The summed E-state index contributed by atoms with van der Waals surface area (Å²) < 4.78 is 0. The predicted molar refractivity (Wildman–Crippen MR) is 86.5 cm³/mol. The van der Waals surface area contributed by atoms with Crippen molar-refractivity contribution in [3.05, 3.63) is 36.2 Å². The van der Waals surface area contributed by atoms with E-state index in [1.54, 1.807) is 12.4 Å². The maximum absolute atomic E-state index is 12.2. The Balaban J connectivity index is 1.77. The van der Waals surface area contributed by atoms with Crippen LogP contribution in [0.1, 0.15) is 68.6 Å². The van der Waals surface area contributed by atoms with Crippen LogP contribution in [0.2, 0.25) is 0 Å². The Morgan fingerprint density at radius 3 is 2.33 bits per heavy atom. The molecule has 0 fully saturated rings. The molecule has 0 spiro atoms. The molecule has 3 heteroatoms. The van der Waals surface area contributed by atoms with Gasteiger partial charge in [0.1, 0.15) is 0 Å². The van der Waals surface area contributed by atoms with Gasteiger partial charge in [-0.05, 0) is 24.6 Å². The van der Waals surface area contributed by atoms with Gasteiger partial charge in [0, 0.05) is 24.4 Å². The van der Waals surface area contributed by atoms with Crippen LogP contribution in [0.5, 0.6) is 0 Å². The fourth-order valence-corrected chi connectivity index (χ4v) is 2.52. The smallest absolute Gasteiger partial charge is 0.162 e. The molecular formula is C18H24N2O. The summed E-state index contributed by atoms with van der Waals surface area (Å²) in [5.74, 6) is 0.219. The number of benzene rings is 1. The first-order valence-corrected chi connectivity index (χ1v) is 8.05. The van der Waals surface area contributed by atoms with Gasteiger partial charge >= 0.3 is 0 Å². The molecule has 0 saturated carbocycles. The van der Waals surface area contributed by atoms with E-state index in [2.05, 4.69) is 16.9 Å². The first kappa shape index (κ1) is 15.6. The Morgan fingerprint density at radius 2 is 1.57 bits per heavy atom. The molecule has 0 amide bonds. The van der Waals surface area contributed by atoms with Crippen molar-refractivity contribution in [1.82, 2.24) is 9.97 Å². The quantitative estimate of drug-likeness (QED) is 0.483. The zero-order valence-electron chi connectivity index (χ0n) is 12.8. The van der Waals surface area contributed by atoms with E-state index >= 15 is 0 Å². The monoisotopic (exact) mass is 284 g/mol. The third kappa shape index (κ3) is 4.92. The van der Waals surface area contributed by atoms with Crippen LogP contribution >= 0.6 is 0 Å². The van der Waals surface area contributed by atoms with Gasteiger partial charge in [-0.1, -0.05) is 45.4 Å². The molecule has 112 valence electrons. The van der Waals surface area contributed by atoms with Gasteiger partial charge in [0.2, 0.25) is 0 Å². The average Bonchev–Trinajstić information content (AvgIpc) is 2.53. The van der Waals surface area contributed by atoms with Gasteiger partial charge in [0.25, 0.3) is 0 Å². The molecule has 0 bridgehead atoms. The summed E-state index contributed by atoms with van der Waals surface area (Å²) in [6.45, 7) is 2.23. The van der Waals surface area contributed by atoms with E-state index < -0.39 is 0 Å². The van der Waals surface area contributed by atoms with Crippen molar-refractivity contribution < 1.29 is 4.79 Å². The second kappa shape index (κ2) is 8.50. The minimum absolute atomic E-state index is 0.219. The van der Waals surface area contributed by atoms with Gasteiger partial charge in [-0.15, -0.1) is 0 Å². The molecule has 0 N–H and O–H groups in total. The Hall–Kier alpha value is -1.77. The van der Waals surface area contributed by atoms with E-state index in [9.17, 15) is 4.79 Å². The number of carbonyl (C=O) groups excluding carboxylic acids is 1. The molecule has 0 unspecified atom stereocenters. The van der Waals surface area contributed by atoms with Crippen molar-refractivity contribution in [3.8, 4) is 0 Å². The van der Waals surface area contributed by atoms with E-state index in [1.165, 1.54) is 32.1 Å². The second-order valence-corrected chi connectivity index (χ2v) is 5.55. The van der Waals surface area contributed by atoms with Crippen LogP contribution in [0, 0.1) is 0 Å². The lowest BCUT2D eigenvalue weighted by molar-refractivity contribution is 0.0979. The van der Waals surface area contributed by atoms with E-state index in [1.807, 2.05) is 18.2 Å². The van der Waals surface area contributed by atoms with E-state index in [0.717, 1.165) is 29.4 Å². The zero-order chi connectivity index (χ0) is 14.9. The SMILES string of the molecule is CCCCCCCCCC(=O)c1ccc2nccnc2c1. The largest absolute Gasteiger partial charge is 0.294 e. The Kier molecular flexibility index (Phi) is 6.32. The molecule has 1 aromatic heterocycles. The first-order chi connectivity index (χ1) is 10.3.